The third-order valence-electron chi connectivity index (χ3n) is 4.06. The van der Waals surface area contributed by atoms with Crippen LogP contribution in [0.15, 0.2) is 53.5 Å². The fourth-order valence-corrected chi connectivity index (χ4v) is 2.65. The predicted octanol–water partition coefficient (Wildman–Crippen LogP) is 3.17. The fraction of sp³-hybridized carbons (Fsp3) is 0.158. The average Bonchev–Trinajstić information content (AvgIpc) is 2.62. The molecule has 1 atom stereocenters. The van der Waals surface area contributed by atoms with Gasteiger partial charge in [-0.05, 0) is 36.8 Å². The molecule has 0 spiro atoms. The number of para-hydroxylation sites is 1. The van der Waals surface area contributed by atoms with Crippen molar-refractivity contribution in [2.24, 2.45) is 0 Å². The lowest BCUT2D eigenvalue weighted by molar-refractivity contribution is 0.0938. The Morgan fingerprint density at radius 1 is 1.24 bits per heavy atom. The molecule has 2 aromatic carbocycles. The number of halogens is 1. The summed E-state index contributed by atoms with van der Waals surface area (Å²) in [7, 11) is 1.38. The van der Waals surface area contributed by atoms with Crippen LogP contribution in [0, 0.1) is 5.82 Å². The minimum atomic E-state index is -0.518. The maximum absolute atomic E-state index is 13.8. The number of methoxy groups -OCH3 is 1. The van der Waals surface area contributed by atoms with E-state index in [1.165, 1.54) is 25.4 Å². The molecule has 0 fully saturated rings. The Hall–Kier alpha value is -3.15. The van der Waals surface area contributed by atoms with Gasteiger partial charge in [-0.3, -0.25) is 9.59 Å². The summed E-state index contributed by atoms with van der Waals surface area (Å²) in [6.07, 6.45) is 1.39. The summed E-state index contributed by atoms with van der Waals surface area (Å²) in [4.78, 5) is 27.9. The maximum Gasteiger partial charge on any atom is 0.257 e. The molecule has 0 saturated carbocycles. The summed E-state index contributed by atoms with van der Waals surface area (Å²) in [5, 5.41) is 3.16. The first-order valence-corrected chi connectivity index (χ1v) is 7.76. The summed E-state index contributed by atoms with van der Waals surface area (Å²) < 4.78 is 18.7. The molecule has 1 heterocycles. The minimum Gasteiger partial charge on any atom is -0.494 e. The van der Waals surface area contributed by atoms with Crippen molar-refractivity contribution in [1.29, 1.82) is 0 Å². The zero-order chi connectivity index (χ0) is 18.0. The summed E-state index contributed by atoms with van der Waals surface area (Å²) >= 11 is 0. The van der Waals surface area contributed by atoms with Gasteiger partial charge in [0.15, 0.2) is 11.6 Å². The molecule has 3 aromatic rings. The number of pyridine rings is 1. The smallest absolute Gasteiger partial charge is 0.257 e. The van der Waals surface area contributed by atoms with Gasteiger partial charge < -0.3 is 15.0 Å². The van der Waals surface area contributed by atoms with E-state index in [1.807, 2.05) is 0 Å². The van der Waals surface area contributed by atoms with Crippen molar-refractivity contribution in [2.75, 3.05) is 7.11 Å². The quantitative estimate of drug-likeness (QED) is 0.766. The molecule has 1 unspecified atom stereocenters. The molecular weight excluding hydrogens is 323 g/mol. The van der Waals surface area contributed by atoms with Gasteiger partial charge in [-0.15, -0.1) is 0 Å². The van der Waals surface area contributed by atoms with E-state index in [9.17, 15) is 14.0 Å². The fourth-order valence-electron chi connectivity index (χ4n) is 2.65. The summed E-state index contributed by atoms with van der Waals surface area (Å²) in [6, 6.07) is 11.0. The first-order valence-electron chi connectivity index (χ1n) is 7.76. The number of hydrogen-bond acceptors (Lipinski definition) is 3. The summed E-state index contributed by atoms with van der Waals surface area (Å²) in [5.41, 5.74) is 0.901. The number of carbonyl (C=O) groups is 1. The van der Waals surface area contributed by atoms with Crippen LogP contribution in [0.4, 0.5) is 4.39 Å². The van der Waals surface area contributed by atoms with E-state index in [-0.39, 0.29) is 16.7 Å². The van der Waals surface area contributed by atoms with Crippen molar-refractivity contribution >= 4 is 16.8 Å². The van der Waals surface area contributed by atoms with Gasteiger partial charge in [-0.1, -0.05) is 18.2 Å². The van der Waals surface area contributed by atoms with Crippen LogP contribution < -0.4 is 15.5 Å². The number of H-pyrrole nitrogens is 1. The zero-order valence-electron chi connectivity index (χ0n) is 13.8. The number of aromatic nitrogens is 1. The first-order chi connectivity index (χ1) is 12.0. The Labute approximate surface area is 143 Å². The molecule has 128 valence electrons. The van der Waals surface area contributed by atoms with Crippen molar-refractivity contribution in [3.8, 4) is 5.75 Å². The van der Waals surface area contributed by atoms with Crippen LogP contribution in [0.2, 0.25) is 0 Å². The number of rotatable bonds is 4. The molecule has 0 aliphatic carbocycles. The number of ether oxygens (including phenoxy) is 1. The van der Waals surface area contributed by atoms with Crippen LogP contribution in [0.3, 0.4) is 0 Å². The highest BCUT2D eigenvalue weighted by atomic mass is 19.1. The lowest BCUT2D eigenvalue weighted by Crippen LogP contribution is -2.31. The topological polar surface area (TPSA) is 71.2 Å². The van der Waals surface area contributed by atoms with E-state index in [4.69, 9.17) is 4.74 Å². The molecule has 6 heteroatoms. The second kappa shape index (κ2) is 6.76. The lowest BCUT2D eigenvalue weighted by atomic mass is 10.1. The molecule has 5 nitrogen and oxygen atoms in total. The van der Waals surface area contributed by atoms with Crippen LogP contribution in [0.1, 0.15) is 28.9 Å². The Kier molecular flexibility index (Phi) is 4.52. The molecule has 0 aliphatic rings. The maximum atomic E-state index is 13.8. The van der Waals surface area contributed by atoms with Crippen LogP contribution in [-0.4, -0.2) is 18.0 Å². The second-order valence-corrected chi connectivity index (χ2v) is 5.67. The van der Waals surface area contributed by atoms with Crippen molar-refractivity contribution in [1.82, 2.24) is 10.3 Å². The average molecular weight is 340 g/mol. The molecule has 3 rings (SSSR count). The number of hydrogen-bond donors (Lipinski definition) is 2. The molecule has 0 radical (unpaired) electrons. The largest absolute Gasteiger partial charge is 0.494 e. The summed E-state index contributed by atoms with van der Waals surface area (Å²) in [6.45, 7) is 1.72. The normalized spacial score (nSPS) is 12.0. The van der Waals surface area contributed by atoms with Crippen LogP contribution in [0.5, 0.6) is 5.75 Å². The molecule has 0 saturated heterocycles. The highest BCUT2D eigenvalue weighted by Gasteiger charge is 2.17. The SMILES string of the molecule is COc1ccc(C(C)NC(=O)c2c[nH]c3ccccc3c2=O)cc1F. The monoisotopic (exact) mass is 340 g/mol. The van der Waals surface area contributed by atoms with E-state index in [0.29, 0.717) is 16.5 Å². The Bertz CT molecular complexity index is 997. The van der Waals surface area contributed by atoms with Crippen LogP contribution in [0.25, 0.3) is 10.9 Å². The van der Waals surface area contributed by atoms with Gasteiger partial charge in [-0.2, -0.15) is 0 Å². The van der Waals surface area contributed by atoms with Gasteiger partial charge in [-0.25, -0.2) is 4.39 Å². The van der Waals surface area contributed by atoms with E-state index in [0.717, 1.165) is 0 Å². The predicted molar refractivity (Wildman–Crippen MR) is 93.4 cm³/mol. The van der Waals surface area contributed by atoms with Gasteiger partial charge in [0.25, 0.3) is 5.91 Å². The molecule has 0 bridgehead atoms. The van der Waals surface area contributed by atoms with Gasteiger partial charge in [0.1, 0.15) is 5.56 Å². The number of benzene rings is 2. The summed E-state index contributed by atoms with van der Waals surface area (Å²) in [5.74, 6) is -0.895. The van der Waals surface area contributed by atoms with Gasteiger partial charge in [0, 0.05) is 17.1 Å². The third-order valence-corrected chi connectivity index (χ3v) is 4.06. The van der Waals surface area contributed by atoms with E-state index >= 15 is 0 Å². The molecule has 0 aliphatic heterocycles. The zero-order valence-corrected chi connectivity index (χ0v) is 13.8. The van der Waals surface area contributed by atoms with Gasteiger partial charge in [0.05, 0.1) is 13.2 Å². The van der Waals surface area contributed by atoms with E-state index in [1.54, 1.807) is 37.3 Å². The standard InChI is InChI=1S/C19H17FN2O3/c1-11(12-7-8-17(25-2)15(20)9-12)22-19(24)14-10-21-16-6-4-3-5-13(16)18(14)23/h3-11H,1-2H3,(H,21,23)(H,22,24). The first kappa shape index (κ1) is 16.7. The Morgan fingerprint density at radius 2 is 2.00 bits per heavy atom. The number of aromatic amines is 1. The number of amides is 1. The molecule has 1 amide bonds. The Balaban J connectivity index is 1.86. The molecule has 1 aromatic heterocycles. The van der Waals surface area contributed by atoms with Crippen molar-refractivity contribution in [3.05, 3.63) is 75.8 Å². The van der Waals surface area contributed by atoms with Crippen molar-refractivity contribution < 1.29 is 13.9 Å². The van der Waals surface area contributed by atoms with Gasteiger partial charge >= 0.3 is 0 Å². The molecule has 25 heavy (non-hydrogen) atoms. The van der Waals surface area contributed by atoms with E-state index in [2.05, 4.69) is 10.3 Å². The van der Waals surface area contributed by atoms with Crippen LogP contribution in [-0.2, 0) is 0 Å². The number of nitrogens with one attached hydrogen (secondary N) is 2. The molecular formula is C19H17FN2O3. The second-order valence-electron chi connectivity index (χ2n) is 5.67. The Morgan fingerprint density at radius 3 is 2.72 bits per heavy atom. The third kappa shape index (κ3) is 3.24. The van der Waals surface area contributed by atoms with Crippen molar-refractivity contribution in [2.45, 2.75) is 13.0 Å². The minimum absolute atomic E-state index is 0.0135. The van der Waals surface area contributed by atoms with Gasteiger partial charge in [0.2, 0.25) is 5.43 Å². The lowest BCUT2D eigenvalue weighted by Gasteiger charge is -2.15. The highest BCUT2D eigenvalue weighted by Crippen LogP contribution is 2.21. The highest BCUT2D eigenvalue weighted by molar-refractivity contribution is 5.97. The number of fused-ring (bicyclic) bond motifs is 1. The molecule has 2 N–H and O–H groups in total. The van der Waals surface area contributed by atoms with Crippen LogP contribution >= 0.6 is 0 Å². The van der Waals surface area contributed by atoms with Crippen molar-refractivity contribution in [3.63, 3.8) is 0 Å². The van der Waals surface area contributed by atoms with E-state index < -0.39 is 17.8 Å². The number of carbonyl (C=O) groups excluding carboxylic acids is 1.